The van der Waals surface area contributed by atoms with Crippen molar-refractivity contribution in [2.24, 2.45) is 0 Å². The van der Waals surface area contributed by atoms with Crippen molar-refractivity contribution in [3.05, 3.63) is 53.0 Å². The molecule has 1 N–H and O–H groups in total. The molecule has 6 heteroatoms. The van der Waals surface area contributed by atoms with Crippen LogP contribution in [0.1, 0.15) is 29.8 Å². The van der Waals surface area contributed by atoms with Gasteiger partial charge in [-0.15, -0.1) is 11.3 Å². The number of carbonyl (C=O) groups excluding carboxylic acids is 1. The maximum atomic E-state index is 11.1. The minimum absolute atomic E-state index is 0.152. The van der Waals surface area contributed by atoms with Crippen LogP contribution in [-0.4, -0.2) is 24.6 Å². The molecule has 0 aliphatic carbocycles. The first kappa shape index (κ1) is 19.2. The summed E-state index contributed by atoms with van der Waals surface area (Å²) in [5, 5.41) is 4.38. The molecule has 0 radical (unpaired) electrons. The number of nitrogens with zero attached hydrogens (tertiary/aromatic N) is 1. The first-order valence-corrected chi connectivity index (χ1v) is 9.86. The third-order valence-corrected chi connectivity index (χ3v) is 5.26. The minimum atomic E-state index is -0.152. The van der Waals surface area contributed by atoms with Gasteiger partial charge in [0.1, 0.15) is 17.4 Å². The molecule has 3 rings (SSSR count). The van der Waals surface area contributed by atoms with Crippen LogP contribution in [0.2, 0.25) is 0 Å². The third kappa shape index (κ3) is 5.44. The molecule has 3 aromatic rings. The maximum absolute atomic E-state index is 11.1. The zero-order valence-electron chi connectivity index (χ0n) is 15.7. The van der Waals surface area contributed by atoms with E-state index in [1.54, 1.807) is 11.3 Å². The number of thiazole rings is 1. The van der Waals surface area contributed by atoms with Gasteiger partial charge >= 0.3 is 5.97 Å². The van der Waals surface area contributed by atoms with E-state index in [0.29, 0.717) is 13.0 Å². The molecule has 0 spiro atoms. The zero-order valence-corrected chi connectivity index (χ0v) is 16.5. The van der Waals surface area contributed by atoms with Crippen molar-refractivity contribution in [2.75, 3.05) is 19.0 Å². The molecule has 0 aliphatic heterocycles. The van der Waals surface area contributed by atoms with E-state index in [0.717, 1.165) is 46.9 Å². The molecular weight excluding hydrogens is 360 g/mol. The summed E-state index contributed by atoms with van der Waals surface area (Å²) >= 11 is 1.66. The van der Waals surface area contributed by atoms with E-state index >= 15 is 0 Å². The first-order valence-electron chi connectivity index (χ1n) is 9.04. The van der Waals surface area contributed by atoms with Gasteiger partial charge in [0.25, 0.3) is 0 Å². The minimum Gasteiger partial charge on any atom is -0.486 e. The number of ether oxygens (including phenoxy) is 2. The zero-order chi connectivity index (χ0) is 19.1. The molecule has 0 saturated carbocycles. The van der Waals surface area contributed by atoms with Crippen LogP contribution in [-0.2, 0) is 16.1 Å². The molecule has 2 aromatic carbocycles. The van der Waals surface area contributed by atoms with E-state index in [1.165, 1.54) is 11.8 Å². The summed E-state index contributed by atoms with van der Waals surface area (Å²) in [6, 6.07) is 14.1. The Morgan fingerprint density at radius 1 is 1.19 bits per heavy atom. The van der Waals surface area contributed by atoms with Gasteiger partial charge in [-0.25, -0.2) is 4.98 Å². The monoisotopic (exact) mass is 384 g/mol. The molecule has 0 amide bonds. The van der Waals surface area contributed by atoms with Gasteiger partial charge in [0.05, 0.1) is 17.3 Å². The van der Waals surface area contributed by atoms with Crippen molar-refractivity contribution in [3.63, 3.8) is 0 Å². The summed E-state index contributed by atoms with van der Waals surface area (Å²) in [4.78, 5) is 15.7. The summed E-state index contributed by atoms with van der Waals surface area (Å²) < 4.78 is 11.7. The lowest BCUT2D eigenvalue weighted by atomic mass is 10.2. The summed E-state index contributed by atoms with van der Waals surface area (Å²) in [6.45, 7) is 3.35. The van der Waals surface area contributed by atoms with E-state index in [1.807, 2.05) is 36.4 Å². The number of benzene rings is 2. The molecule has 5 nitrogen and oxygen atoms in total. The fourth-order valence-electron chi connectivity index (χ4n) is 2.77. The van der Waals surface area contributed by atoms with Gasteiger partial charge < -0.3 is 14.8 Å². The highest BCUT2D eigenvalue weighted by molar-refractivity contribution is 7.18. The largest absolute Gasteiger partial charge is 0.486 e. The van der Waals surface area contributed by atoms with Crippen molar-refractivity contribution < 1.29 is 14.3 Å². The van der Waals surface area contributed by atoms with Crippen molar-refractivity contribution in [1.82, 2.24) is 4.98 Å². The number of anilines is 1. The second kappa shape index (κ2) is 9.37. The highest BCUT2D eigenvalue weighted by atomic mass is 32.1. The van der Waals surface area contributed by atoms with Crippen molar-refractivity contribution >= 4 is 33.2 Å². The number of aryl methyl sites for hydroxylation is 1. The number of carbonyl (C=O) groups is 1. The third-order valence-electron chi connectivity index (χ3n) is 4.25. The molecule has 1 heterocycles. The molecule has 0 unspecified atom stereocenters. The summed E-state index contributed by atoms with van der Waals surface area (Å²) in [7, 11) is 1.42. The van der Waals surface area contributed by atoms with E-state index in [2.05, 4.69) is 28.0 Å². The topological polar surface area (TPSA) is 60.5 Å². The average Bonchev–Trinajstić information content (AvgIpc) is 3.10. The molecule has 0 bridgehead atoms. The van der Waals surface area contributed by atoms with Gasteiger partial charge in [-0.2, -0.15) is 0 Å². The predicted octanol–water partition coefficient (Wildman–Crippen LogP) is 4.94. The Kier molecular flexibility index (Phi) is 6.65. The Labute approximate surface area is 163 Å². The number of rotatable bonds is 9. The lowest BCUT2D eigenvalue weighted by Gasteiger charge is -2.11. The molecular formula is C21H24N2O3S. The predicted molar refractivity (Wildman–Crippen MR) is 109 cm³/mol. The van der Waals surface area contributed by atoms with E-state index in [-0.39, 0.29) is 5.97 Å². The van der Waals surface area contributed by atoms with Gasteiger partial charge in [-0.05, 0) is 55.7 Å². The standard InChI is InChI=1S/C21H24N2O3S/c1-15-13-16(10-11-17(15)22-12-6-5-9-21(24)25-2)26-14-20-23-18-7-3-4-8-19(18)27-20/h3-4,7-8,10-11,13,22H,5-6,9,12,14H2,1-2H3. The highest BCUT2D eigenvalue weighted by Gasteiger charge is 2.06. The fraction of sp³-hybridized carbons (Fsp3) is 0.333. The van der Waals surface area contributed by atoms with E-state index < -0.39 is 0 Å². The number of unbranched alkanes of at least 4 members (excludes halogenated alkanes) is 1. The summed E-state index contributed by atoms with van der Waals surface area (Å²) in [5.74, 6) is 0.684. The Morgan fingerprint density at radius 3 is 2.81 bits per heavy atom. The van der Waals surface area contributed by atoms with Gasteiger partial charge in [-0.3, -0.25) is 4.79 Å². The number of esters is 1. The van der Waals surface area contributed by atoms with Crippen molar-refractivity contribution in [1.29, 1.82) is 0 Å². The fourth-order valence-corrected chi connectivity index (χ4v) is 3.65. The second-order valence-electron chi connectivity index (χ2n) is 6.30. The van der Waals surface area contributed by atoms with Crippen molar-refractivity contribution in [3.8, 4) is 5.75 Å². The van der Waals surface area contributed by atoms with Crippen LogP contribution in [0.5, 0.6) is 5.75 Å². The van der Waals surface area contributed by atoms with Crippen LogP contribution in [0.4, 0.5) is 5.69 Å². The number of nitrogens with one attached hydrogen (secondary N) is 1. The van der Waals surface area contributed by atoms with E-state index in [9.17, 15) is 4.79 Å². The van der Waals surface area contributed by atoms with Gasteiger partial charge in [0.15, 0.2) is 0 Å². The maximum Gasteiger partial charge on any atom is 0.305 e. The van der Waals surface area contributed by atoms with Gasteiger partial charge in [-0.1, -0.05) is 12.1 Å². The van der Waals surface area contributed by atoms with Gasteiger partial charge in [0.2, 0.25) is 0 Å². The van der Waals surface area contributed by atoms with E-state index in [4.69, 9.17) is 4.74 Å². The smallest absolute Gasteiger partial charge is 0.305 e. The van der Waals surface area contributed by atoms with Crippen molar-refractivity contribution in [2.45, 2.75) is 32.8 Å². The van der Waals surface area contributed by atoms with Crippen LogP contribution in [0.15, 0.2) is 42.5 Å². The number of fused-ring (bicyclic) bond motifs is 1. The second-order valence-corrected chi connectivity index (χ2v) is 7.42. The summed E-state index contributed by atoms with van der Waals surface area (Å²) in [5.41, 5.74) is 3.23. The van der Waals surface area contributed by atoms with Crippen LogP contribution < -0.4 is 10.1 Å². The molecule has 27 heavy (non-hydrogen) atoms. The van der Waals surface area contributed by atoms with Gasteiger partial charge in [0, 0.05) is 18.7 Å². The normalized spacial score (nSPS) is 10.7. The molecule has 0 fully saturated rings. The quantitative estimate of drug-likeness (QED) is 0.418. The molecule has 0 aliphatic rings. The number of methoxy groups -OCH3 is 1. The number of hydrogen-bond acceptors (Lipinski definition) is 6. The molecule has 0 saturated heterocycles. The van der Waals surface area contributed by atoms with Crippen LogP contribution >= 0.6 is 11.3 Å². The van der Waals surface area contributed by atoms with Crippen LogP contribution in [0, 0.1) is 6.92 Å². The Morgan fingerprint density at radius 2 is 2.04 bits per heavy atom. The Bertz CT molecular complexity index is 874. The Hall–Kier alpha value is -2.60. The SMILES string of the molecule is COC(=O)CCCCNc1ccc(OCc2nc3ccccc3s2)cc1C. The summed E-state index contributed by atoms with van der Waals surface area (Å²) in [6.07, 6.45) is 2.21. The highest BCUT2D eigenvalue weighted by Crippen LogP contribution is 2.25. The number of para-hydroxylation sites is 1. The Balaban J connectivity index is 1.48. The first-order chi connectivity index (χ1) is 13.2. The molecule has 142 valence electrons. The molecule has 0 atom stereocenters. The number of aromatic nitrogens is 1. The average molecular weight is 385 g/mol. The van der Waals surface area contributed by atoms with Crippen LogP contribution in [0.25, 0.3) is 10.2 Å². The lowest BCUT2D eigenvalue weighted by Crippen LogP contribution is -2.05. The lowest BCUT2D eigenvalue weighted by molar-refractivity contribution is -0.140. The molecule has 1 aromatic heterocycles. The van der Waals surface area contributed by atoms with Crippen LogP contribution in [0.3, 0.4) is 0 Å². The number of hydrogen-bond donors (Lipinski definition) is 1.